The van der Waals surface area contributed by atoms with E-state index in [0.717, 1.165) is 15.7 Å². The van der Waals surface area contributed by atoms with Crippen LogP contribution < -0.4 is 5.32 Å². The van der Waals surface area contributed by atoms with E-state index in [9.17, 15) is 9.59 Å². The Hall–Kier alpha value is -3.01. The topological polar surface area (TPSA) is 89.3 Å². The predicted molar refractivity (Wildman–Crippen MR) is 134 cm³/mol. The van der Waals surface area contributed by atoms with Crippen molar-refractivity contribution in [1.29, 1.82) is 0 Å². The van der Waals surface area contributed by atoms with Gasteiger partial charge in [-0.15, -0.1) is 0 Å². The average Bonchev–Trinajstić information content (AvgIpc) is 3.38. The van der Waals surface area contributed by atoms with Gasteiger partial charge in [0, 0.05) is 43.1 Å². The molecule has 10 heteroatoms. The van der Waals surface area contributed by atoms with Crippen molar-refractivity contribution in [2.24, 2.45) is 13.0 Å². The number of aryl methyl sites for hydroxylation is 1. The lowest BCUT2D eigenvalue weighted by atomic mass is 9.98. The van der Waals surface area contributed by atoms with Gasteiger partial charge in [-0.05, 0) is 36.4 Å². The Morgan fingerprint density at radius 3 is 2.74 bits per heavy atom. The van der Waals surface area contributed by atoms with Crippen LogP contribution in [0.25, 0.3) is 21.3 Å². The van der Waals surface area contributed by atoms with Crippen LogP contribution in [0.3, 0.4) is 0 Å². The van der Waals surface area contributed by atoms with Crippen LogP contribution in [0.1, 0.15) is 23.7 Å². The number of nitrogens with zero attached hydrogens (tertiary/aromatic N) is 4. The van der Waals surface area contributed by atoms with Gasteiger partial charge in [-0.25, -0.2) is 9.97 Å². The number of thiazole rings is 1. The molecule has 1 N–H and O–H groups in total. The fourth-order valence-corrected chi connectivity index (χ4v) is 5.25. The first-order valence-electron chi connectivity index (χ1n) is 11.1. The molecule has 176 valence electrons. The SMILES string of the molecule is C[C@@H](CC(=O)c1ccc2c(c1)nc(Nc1nc3ccc(Cl)cc3s1)n2C)C(=O)N1CCOCC1. The molecule has 34 heavy (non-hydrogen) atoms. The highest BCUT2D eigenvalue weighted by Gasteiger charge is 2.25. The van der Waals surface area contributed by atoms with E-state index in [1.165, 1.54) is 11.3 Å². The molecule has 4 aromatic rings. The molecule has 1 atom stereocenters. The summed E-state index contributed by atoms with van der Waals surface area (Å²) >= 11 is 7.58. The molecule has 0 radical (unpaired) electrons. The number of nitrogens with one attached hydrogen (secondary N) is 1. The Morgan fingerprint density at radius 2 is 1.94 bits per heavy atom. The average molecular weight is 498 g/mol. The summed E-state index contributed by atoms with van der Waals surface area (Å²) in [6, 6.07) is 11.0. The normalized spacial score (nSPS) is 15.1. The molecule has 1 fully saturated rings. The third kappa shape index (κ3) is 4.51. The lowest BCUT2D eigenvalue weighted by Gasteiger charge is -2.29. The fourth-order valence-electron chi connectivity index (χ4n) is 4.11. The van der Waals surface area contributed by atoms with E-state index in [4.69, 9.17) is 16.3 Å². The zero-order valence-corrected chi connectivity index (χ0v) is 20.4. The number of Topliss-reactive ketones (excluding diaryl/α,β-unsaturated/α-hetero) is 1. The molecule has 1 amide bonds. The van der Waals surface area contributed by atoms with E-state index in [2.05, 4.69) is 15.3 Å². The number of ether oxygens (including phenoxy) is 1. The maximum Gasteiger partial charge on any atom is 0.226 e. The minimum atomic E-state index is -0.380. The van der Waals surface area contributed by atoms with E-state index in [-0.39, 0.29) is 24.0 Å². The second-order valence-corrected chi connectivity index (χ2v) is 9.89. The summed E-state index contributed by atoms with van der Waals surface area (Å²) in [5.74, 6) is 0.175. The van der Waals surface area contributed by atoms with Crippen LogP contribution in [0.15, 0.2) is 36.4 Å². The van der Waals surface area contributed by atoms with Crippen LogP contribution in [-0.4, -0.2) is 57.4 Å². The molecule has 0 saturated carbocycles. The predicted octanol–water partition coefficient (Wildman–Crippen LogP) is 4.65. The molecule has 1 aliphatic rings. The van der Waals surface area contributed by atoms with Gasteiger partial charge in [-0.1, -0.05) is 29.9 Å². The number of benzene rings is 2. The monoisotopic (exact) mass is 497 g/mol. The number of aromatic nitrogens is 3. The number of morpholine rings is 1. The van der Waals surface area contributed by atoms with Crippen molar-refractivity contribution in [2.75, 3.05) is 31.6 Å². The Bertz CT molecular complexity index is 1390. The maximum absolute atomic E-state index is 12.9. The summed E-state index contributed by atoms with van der Waals surface area (Å²) in [6.45, 7) is 4.05. The van der Waals surface area contributed by atoms with Gasteiger partial charge < -0.3 is 19.5 Å². The summed E-state index contributed by atoms with van der Waals surface area (Å²) in [4.78, 5) is 36.6. The van der Waals surface area contributed by atoms with Gasteiger partial charge >= 0.3 is 0 Å². The Morgan fingerprint density at radius 1 is 1.15 bits per heavy atom. The van der Waals surface area contributed by atoms with Crippen LogP contribution in [-0.2, 0) is 16.6 Å². The summed E-state index contributed by atoms with van der Waals surface area (Å²) in [5.41, 5.74) is 3.01. The molecule has 3 heterocycles. The van der Waals surface area contributed by atoms with Crippen LogP contribution in [0.5, 0.6) is 0 Å². The van der Waals surface area contributed by atoms with Crippen LogP contribution in [0.4, 0.5) is 11.1 Å². The van der Waals surface area contributed by atoms with Crippen molar-refractivity contribution >= 4 is 67.0 Å². The van der Waals surface area contributed by atoms with Gasteiger partial charge in [-0.3, -0.25) is 9.59 Å². The summed E-state index contributed by atoms with van der Waals surface area (Å²) in [5, 5.41) is 4.65. The molecule has 0 aliphatic carbocycles. The minimum absolute atomic E-state index is 0.000766. The first kappa shape index (κ1) is 22.8. The molecule has 0 spiro atoms. The quantitative estimate of drug-likeness (QED) is 0.390. The van der Waals surface area contributed by atoms with Gasteiger partial charge in [0.25, 0.3) is 0 Å². The van der Waals surface area contributed by atoms with Crippen molar-refractivity contribution in [3.8, 4) is 0 Å². The number of rotatable bonds is 6. The Balaban J connectivity index is 1.32. The molecule has 1 saturated heterocycles. The molecule has 0 bridgehead atoms. The summed E-state index contributed by atoms with van der Waals surface area (Å²) < 4.78 is 8.22. The zero-order valence-electron chi connectivity index (χ0n) is 18.9. The summed E-state index contributed by atoms with van der Waals surface area (Å²) in [7, 11) is 1.91. The Kier molecular flexibility index (Phi) is 6.24. The van der Waals surface area contributed by atoms with Crippen molar-refractivity contribution in [1.82, 2.24) is 19.4 Å². The van der Waals surface area contributed by atoms with Gasteiger partial charge in [0.2, 0.25) is 11.9 Å². The van der Waals surface area contributed by atoms with E-state index in [1.807, 2.05) is 42.8 Å². The third-order valence-corrected chi connectivity index (χ3v) is 7.18. The molecular weight excluding hydrogens is 474 g/mol. The van der Waals surface area contributed by atoms with Gasteiger partial charge in [0.05, 0.1) is 34.5 Å². The van der Waals surface area contributed by atoms with Crippen LogP contribution in [0.2, 0.25) is 5.02 Å². The maximum atomic E-state index is 12.9. The first-order chi connectivity index (χ1) is 16.4. The number of amides is 1. The zero-order chi connectivity index (χ0) is 23.8. The lowest BCUT2D eigenvalue weighted by molar-refractivity contribution is -0.139. The third-order valence-electron chi connectivity index (χ3n) is 6.01. The highest BCUT2D eigenvalue weighted by atomic mass is 35.5. The number of hydrogen-bond donors (Lipinski definition) is 1. The number of hydrogen-bond acceptors (Lipinski definition) is 7. The van der Waals surface area contributed by atoms with E-state index >= 15 is 0 Å². The minimum Gasteiger partial charge on any atom is -0.378 e. The molecule has 8 nitrogen and oxygen atoms in total. The second-order valence-electron chi connectivity index (χ2n) is 8.42. The number of carbonyl (C=O) groups is 2. The number of imidazole rings is 1. The van der Waals surface area contributed by atoms with Gasteiger partial charge in [0.1, 0.15) is 0 Å². The molecular formula is C24H24ClN5O3S. The number of halogens is 1. The second kappa shape index (κ2) is 9.32. The summed E-state index contributed by atoms with van der Waals surface area (Å²) in [6.07, 6.45) is 0.161. The molecule has 0 unspecified atom stereocenters. The molecule has 2 aromatic heterocycles. The van der Waals surface area contributed by atoms with Crippen molar-refractivity contribution in [2.45, 2.75) is 13.3 Å². The number of anilines is 2. The standard InChI is InChI=1S/C24H24ClN5O3S/c1-14(22(32)30-7-9-33-10-8-30)11-20(31)15-3-6-19-18(12-15)26-23(29(19)2)28-24-27-17-5-4-16(25)13-21(17)34-24/h3-6,12-14H,7-11H2,1-2H3,(H,26,27,28)/t14-/m0/s1. The van der Waals surface area contributed by atoms with Gasteiger partial charge in [-0.2, -0.15) is 0 Å². The largest absolute Gasteiger partial charge is 0.378 e. The smallest absolute Gasteiger partial charge is 0.226 e. The van der Waals surface area contributed by atoms with Crippen molar-refractivity contribution in [3.63, 3.8) is 0 Å². The van der Waals surface area contributed by atoms with E-state index in [1.54, 1.807) is 17.0 Å². The molecule has 2 aromatic carbocycles. The fraction of sp³-hybridized carbons (Fsp3) is 0.333. The lowest BCUT2D eigenvalue weighted by Crippen LogP contribution is -2.43. The number of ketones is 1. The van der Waals surface area contributed by atoms with Crippen LogP contribution >= 0.6 is 22.9 Å². The van der Waals surface area contributed by atoms with E-state index < -0.39 is 0 Å². The molecule has 1 aliphatic heterocycles. The first-order valence-corrected chi connectivity index (χ1v) is 12.3. The van der Waals surface area contributed by atoms with Crippen molar-refractivity contribution in [3.05, 3.63) is 47.0 Å². The van der Waals surface area contributed by atoms with E-state index in [0.29, 0.717) is 53.5 Å². The number of fused-ring (bicyclic) bond motifs is 2. The number of carbonyl (C=O) groups excluding carboxylic acids is 2. The highest BCUT2D eigenvalue weighted by Crippen LogP contribution is 2.31. The van der Waals surface area contributed by atoms with Gasteiger partial charge in [0.15, 0.2) is 10.9 Å². The van der Waals surface area contributed by atoms with Crippen LogP contribution in [0, 0.1) is 5.92 Å². The molecule has 5 rings (SSSR count). The Labute approximate surface area is 205 Å². The van der Waals surface area contributed by atoms with Crippen molar-refractivity contribution < 1.29 is 14.3 Å². The highest BCUT2D eigenvalue weighted by molar-refractivity contribution is 7.22.